The summed E-state index contributed by atoms with van der Waals surface area (Å²) in [4.78, 5) is 25.9. The molecule has 4 atom stereocenters. The van der Waals surface area contributed by atoms with E-state index in [1.807, 2.05) is 20.8 Å². The monoisotopic (exact) mass is 448 g/mol. The van der Waals surface area contributed by atoms with E-state index in [9.17, 15) is 19.1 Å². The quantitative estimate of drug-likeness (QED) is 0.648. The van der Waals surface area contributed by atoms with E-state index >= 15 is 4.39 Å². The Hall–Kier alpha value is -2.51. The third kappa shape index (κ3) is 3.31. The van der Waals surface area contributed by atoms with Gasteiger partial charge < -0.3 is 10.4 Å². The number of nitrogens with one attached hydrogen (secondary N) is 2. The molecule has 1 amide bonds. The molecular weight excluding hydrogens is 426 g/mol. The molecule has 1 saturated heterocycles. The maximum Gasteiger partial charge on any atom is 0.321 e. The second-order valence-corrected chi connectivity index (χ2v) is 9.87. The highest BCUT2D eigenvalue weighted by molar-refractivity contribution is 6.31. The van der Waals surface area contributed by atoms with E-state index in [1.165, 1.54) is 12.1 Å². The number of rotatable bonds is 3. The number of fused-ring (bicyclic) bond motifs is 2. The van der Waals surface area contributed by atoms with Crippen LogP contribution in [0.25, 0.3) is 0 Å². The zero-order valence-electron chi connectivity index (χ0n) is 17.3. The number of hydrogen-bond donors (Lipinski definition) is 3. The SMILES string of the molecule is CC(C)(C)C[C@@H]1N[C@@H](C(=O)O)[C@H](c2cccc(F)c2F)[C@]12C(=O)Nc1cc(Cl)ccc12. The van der Waals surface area contributed by atoms with Crippen molar-refractivity contribution in [2.75, 3.05) is 5.32 Å². The van der Waals surface area contributed by atoms with Crippen LogP contribution in [0.1, 0.15) is 44.2 Å². The van der Waals surface area contributed by atoms with Gasteiger partial charge in [0.15, 0.2) is 11.6 Å². The lowest BCUT2D eigenvalue weighted by molar-refractivity contribution is -0.139. The molecule has 2 aromatic rings. The van der Waals surface area contributed by atoms with E-state index in [4.69, 9.17) is 11.6 Å². The second kappa shape index (κ2) is 7.28. The molecule has 1 fully saturated rings. The van der Waals surface area contributed by atoms with Gasteiger partial charge in [0.25, 0.3) is 0 Å². The van der Waals surface area contributed by atoms with Gasteiger partial charge in [0, 0.05) is 22.7 Å². The Bertz CT molecular complexity index is 1080. The van der Waals surface area contributed by atoms with Crippen LogP contribution in [0.3, 0.4) is 0 Å². The highest BCUT2D eigenvalue weighted by Gasteiger charge is 2.66. The van der Waals surface area contributed by atoms with Crippen LogP contribution in [0, 0.1) is 17.0 Å². The minimum absolute atomic E-state index is 0.144. The van der Waals surface area contributed by atoms with Crippen molar-refractivity contribution >= 4 is 29.2 Å². The van der Waals surface area contributed by atoms with Gasteiger partial charge in [-0.3, -0.25) is 14.9 Å². The van der Waals surface area contributed by atoms with E-state index < -0.39 is 46.9 Å². The van der Waals surface area contributed by atoms with Crippen LogP contribution in [-0.4, -0.2) is 29.1 Å². The number of carboxylic acid groups (broad SMARTS) is 1. The molecule has 2 aliphatic heterocycles. The van der Waals surface area contributed by atoms with Gasteiger partial charge >= 0.3 is 5.97 Å². The largest absolute Gasteiger partial charge is 0.480 e. The Morgan fingerprint density at radius 3 is 2.58 bits per heavy atom. The van der Waals surface area contributed by atoms with Crippen molar-refractivity contribution in [3.8, 4) is 0 Å². The van der Waals surface area contributed by atoms with Crippen LogP contribution in [-0.2, 0) is 15.0 Å². The van der Waals surface area contributed by atoms with Crippen LogP contribution in [0.4, 0.5) is 14.5 Å². The molecule has 5 nitrogen and oxygen atoms in total. The molecule has 0 aliphatic carbocycles. The van der Waals surface area contributed by atoms with Crippen LogP contribution in [0.5, 0.6) is 0 Å². The van der Waals surface area contributed by atoms with E-state index in [-0.39, 0.29) is 11.0 Å². The molecule has 1 spiro atoms. The molecular formula is C23H23ClF2N2O3. The normalized spacial score (nSPS) is 27.4. The minimum Gasteiger partial charge on any atom is -0.480 e. The summed E-state index contributed by atoms with van der Waals surface area (Å²) >= 11 is 6.12. The van der Waals surface area contributed by atoms with Crippen molar-refractivity contribution < 1.29 is 23.5 Å². The molecule has 2 aliphatic rings. The number of hydrogen-bond acceptors (Lipinski definition) is 3. The molecule has 0 radical (unpaired) electrons. The zero-order valence-corrected chi connectivity index (χ0v) is 18.1. The lowest BCUT2D eigenvalue weighted by atomic mass is 9.62. The number of carbonyl (C=O) groups is 2. The first kappa shape index (κ1) is 21.7. The van der Waals surface area contributed by atoms with Crippen molar-refractivity contribution in [2.24, 2.45) is 5.41 Å². The average Bonchev–Trinajstić information content (AvgIpc) is 3.12. The summed E-state index contributed by atoms with van der Waals surface area (Å²) in [7, 11) is 0. The van der Waals surface area contributed by atoms with Crippen LogP contribution in [0.15, 0.2) is 36.4 Å². The Kier molecular flexibility index (Phi) is 5.10. The van der Waals surface area contributed by atoms with Gasteiger partial charge in [0.2, 0.25) is 5.91 Å². The van der Waals surface area contributed by atoms with Crippen molar-refractivity contribution in [3.63, 3.8) is 0 Å². The number of benzene rings is 2. The summed E-state index contributed by atoms with van der Waals surface area (Å²) in [6, 6.07) is 6.59. The second-order valence-electron chi connectivity index (χ2n) is 9.43. The molecule has 3 N–H and O–H groups in total. The summed E-state index contributed by atoms with van der Waals surface area (Å²) in [5.74, 6) is -5.10. The number of aliphatic carboxylic acids is 1. The van der Waals surface area contributed by atoms with Gasteiger partial charge in [-0.1, -0.05) is 50.6 Å². The molecule has 4 rings (SSSR count). The lowest BCUT2D eigenvalue weighted by Crippen LogP contribution is -2.49. The Labute approximate surface area is 183 Å². The van der Waals surface area contributed by atoms with Crippen molar-refractivity contribution in [2.45, 2.75) is 50.6 Å². The van der Waals surface area contributed by atoms with Crippen molar-refractivity contribution in [3.05, 3.63) is 64.2 Å². The topological polar surface area (TPSA) is 78.4 Å². The average molecular weight is 449 g/mol. The van der Waals surface area contributed by atoms with Gasteiger partial charge in [0.1, 0.15) is 11.5 Å². The maximum atomic E-state index is 15.0. The Morgan fingerprint density at radius 2 is 1.94 bits per heavy atom. The minimum atomic E-state index is -1.45. The first-order valence-corrected chi connectivity index (χ1v) is 10.4. The van der Waals surface area contributed by atoms with Crippen molar-refractivity contribution in [1.29, 1.82) is 0 Å². The Balaban J connectivity index is 2.04. The predicted molar refractivity (Wildman–Crippen MR) is 113 cm³/mol. The molecule has 0 bridgehead atoms. The van der Waals surface area contributed by atoms with Crippen molar-refractivity contribution in [1.82, 2.24) is 5.32 Å². The third-order valence-electron chi connectivity index (χ3n) is 6.20. The van der Waals surface area contributed by atoms with E-state index in [0.29, 0.717) is 22.7 Å². The summed E-state index contributed by atoms with van der Waals surface area (Å²) in [5.41, 5.74) is -0.898. The van der Waals surface area contributed by atoms with Crippen LogP contribution < -0.4 is 10.6 Å². The first-order chi connectivity index (χ1) is 14.5. The summed E-state index contributed by atoms with van der Waals surface area (Å²) in [6.45, 7) is 5.93. The summed E-state index contributed by atoms with van der Waals surface area (Å²) in [6.07, 6.45) is 0.430. The fourth-order valence-corrected chi connectivity index (χ4v) is 5.31. The number of amides is 1. The molecule has 0 aromatic heterocycles. The molecule has 0 saturated carbocycles. The zero-order chi connectivity index (χ0) is 22.7. The molecule has 31 heavy (non-hydrogen) atoms. The van der Waals surface area contributed by atoms with E-state index in [1.54, 1.807) is 18.2 Å². The highest BCUT2D eigenvalue weighted by atomic mass is 35.5. The highest BCUT2D eigenvalue weighted by Crippen LogP contribution is 2.56. The molecule has 2 aromatic carbocycles. The van der Waals surface area contributed by atoms with Gasteiger partial charge in [-0.15, -0.1) is 0 Å². The third-order valence-corrected chi connectivity index (χ3v) is 6.44. The van der Waals surface area contributed by atoms with Gasteiger partial charge in [-0.25, -0.2) is 8.78 Å². The summed E-state index contributed by atoms with van der Waals surface area (Å²) in [5, 5.41) is 16.3. The van der Waals surface area contributed by atoms with E-state index in [0.717, 1.165) is 6.07 Å². The number of halogens is 3. The number of carbonyl (C=O) groups excluding carboxylic acids is 1. The van der Waals surface area contributed by atoms with Gasteiger partial charge in [-0.05, 0) is 41.2 Å². The maximum absolute atomic E-state index is 15.0. The number of anilines is 1. The first-order valence-electron chi connectivity index (χ1n) is 10.0. The molecule has 164 valence electrons. The Morgan fingerprint density at radius 1 is 1.23 bits per heavy atom. The van der Waals surface area contributed by atoms with E-state index in [2.05, 4.69) is 10.6 Å². The van der Waals surface area contributed by atoms with Crippen LogP contribution in [0.2, 0.25) is 5.02 Å². The van der Waals surface area contributed by atoms with Gasteiger partial charge in [0.05, 0.1) is 0 Å². The molecule has 2 heterocycles. The fraction of sp³-hybridized carbons (Fsp3) is 0.391. The van der Waals surface area contributed by atoms with Crippen LogP contribution >= 0.6 is 11.6 Å². The smallest absolute Gasteiger partial charge is 0.321 e. The number of carboxylic acids is 1. The molecule has 8 heteroatoms. The van der Waals surface area contributed by atoms with Gasteiger partial charge in [-0.2, -0.15) is 0 Å². The molecule has 0 unspecified atom stereocenters. The summed E-state index contributed by atoms with van der Waals surface area (Å²) < 4.78 is 29.2. The fourth-order valence-electron chi connectivity index (χ4n) is 5.14. The lowest BCUT2D eigenvalue weighted by Gasteiger charge is -2.37. The standard InChI is InChI=1S/C23H23ClF2N2O3/c1-22(2,3)10-16-23(13-8-7-11(24)9-15(13)27-21(23)31)17(19(28-16)20(29)30)12-5-4-6-14(25)18(12)26/h4-9,16-17,19,28H,10H2,1-3H3,(H,27,31)(H,29,30)/t16-,17-,19+,23+/m0/s1. The predicted octanol–water partition coefficient (Wildman–Crippen LogP) is 4.45.